The van der Waals surface area contributed by atoms with Crippen molar-refractivity contribution in [3.05, 3.63) is 86.8 Å². The average molecular weight is 336 g/mol. The van der Waals surface area contributed by atoms with Crippen LogP contribution in [0, 0.1) is 10.1 Å². The van der Waals surface area contributed by atoms with Crippen molar-refractivity contribution in [1.29, 1.82) is 0 Å². The predicted octanol–water partition coefficient (Wildman–Crippen LogP) is 3.35. The van der Waals surface area contributed by atoms with Gasteiger partial charge in [0, 0.05) is 23.9 Å². The lowest BCUT2D eigenvalue weighted by atomic mass is 10.1. The van der Waals surface area contributed by atoms with E-state index in [0.29, 0.717) is 16.7 Å². The molecule has 3 aromatic rings. The quantitative estimate of drug-likeness (QED) is 0.447. The minimum Gasteiger partial charge on any atom is -0.463 e. The van der Waals surface area contributed by atoms with Crippen LogP contribution in [0.15, 0.2) is 70.1 Å². The number of hydrogen-bond acceptors (Lipinski definition) is 5. The molecule has 7 nitrogen and oxygen atoms in total. The first-order chi connectivity index (χ1) is 12.0. The second-order valence-electron chi connectivity index (χ2n) is 5.14. The first-order valence-corrected chi connectivity index (χ1v) is 7.28. The SMILES string of the molecule is O=C(/C=C/c1coc2ccccc2c1=O)Nc1ccc([N+](=O)[O-])cc1. The second-order valence-corrected chi connectivity index (χ2v) is 5.14. The summed E-state index contributed by atoms with van der Waals surface area (Å²) in [5.74, 6) is -0.471. The third-order valence-corrected chi connectivity index (χ3v) is 3.47. The van der Waals surface area contributed by atoms with Crippen molar-refractivity contribution in [2.75, 3.05) is 5.32 Å². The van der Waals surface area contributed by atoms with Crippen LogP contribution in [0.1, 0.15) is 5.56 Å². The number of carbonyl (C=O) groups is 1. The number of anilines is 1. The van der Waals surface area contributed by atoms with E-state index in [4.69, 9.17) is 4.42 Å². The van der Waals surface area contributed by atoms with E-state index < -0.39 is 10.8 Å². The summed E-state index contributed by atoms with van der Waals surface area (Å²) in [6.07, 6.45) is 3.85. The molecule has 124 valence electrons. The lowest BCUT2D eigenvalue weighted by Gasteiger charge is -2.01. The second kappa shape index (κ2) is 6.79. The maximum absolute atomic E-state index is 12.3. The number of nitro groups is 1. The molecule has 0 saturated heterocycles. The van der Waals surface area contributed by atoms with Crippen LogP contribution in [0.5, 0.6) is 0 Å². The number of amides is 1. The third-order valence-electron chi connectivity index (χ3n) is 3.47. The van der Waals surface area contributed by atoms with Crippen molar-refractivity contribution in [3.63, 3.8) is 0 Å². The molecule has 0 unspecified atom stereocenters. The number of hydrogen-bond donors (Lipinski definition) is 1. The van der Waals surface area contributed by atoms with Gasteiger partial charge in [-0.2, -0.15) is 0 Å². The Morgan fingerprint density at radius 1 is 1.12 bits per heavy atom. The van der Waals surface area contributed by atoms with E-state index in [1.54, 1.807) is 24.3 Å². The van der Waals surface area contributed by atoms with E-state index in [2.05, 4.69) is 5.32 Å². The number of nitrogens with one attached hydrogen (secondary N) is 1. The average Bonchev–Trinajstić information content (AvgIpc) is 2.62. The zero-order valence-corrected chi connectivity index (χ0v) is 12.8. The summed E-state index contributed by atoms with van der Waals surface area (Å²) in [6, 6.07) is 12.3. The van der Waals surface area contributed by atoms with E-state index in [9.17, 15) is 19.7 Å². The molecular weight excluding hydrogens is 324 g/mol. The summed E-state index contributed by atoms with van der Waals surface area (Å²) >= 11 is 0. The Morgan fingerprint density at radius 3 is 2.56 bits per heavy atom. The maximum Gasteiger partial charge on any atom is 0.269 e. The van der Waals surface area contributed by atoms with Crippen molar-refractivity contribution in [1.82, 2.24) is 0 Å². The largest absolute Gasteiger partial charge is 0.463 e. The lowest BCUT2D eigenvalue weighted by molar-refractivity contribution is -0.384. The number of nitro benzene ring substituents is 1. The molecule has 0 bridgehead atoms. The molecule has 3 rings (SSSR count). The number of carbonyl (C=O) groups excluding carboxylic acids is 1. The van der Waals surface area contributed by atoms with E-state index >= 15 is 0 Å². The van der Waals surface area contributed by atoms with Gasteiger partial charge < -0.3 is 9.73 Å². The van der Waals surface area contributed by atoms with E-state index in [1.165, 1.54) is 42.7 Å². The minimum absolute atomic E-state index is 0.0673. The Morgan fingerprint density at radius 2 is 1.84 bits per heavy atom. The molecule has 7 heteroatoms. The zero-order chi connectivity index (χ0) is 17.8. The Labute approximate surface area is 141 Å². The van der Waals surface area contributed by atoms with Crippen LogP contribution in [-0.4, -0.2) is 10.8 Å². The summed E-state index contributed by atoms with van der Waals surface area (Å²) in [5, 5.41) is 13.6. The third kappa shape index (κ3) is 3.61. The first kappa shape index (κ1) is 16.1. The Kier molecular flexibility index (Phi) is 4.38. The van der Waals surface area contributed by atoms with Crippen LogP contribution < -0.4 is 10.7 Å². The molecule has 1 heterocycles. The highest BCUT2D eigenvalue weighted by Crippen LogP contribution is 2.15. The number of non-ortho nitro benzene ring substituents is 1. The van der Waals surface area contributed by atoms with Gasteiger partial charge in [-0.3, -0.25) is 19.7 Å². The van der Waals surface area contributed by atoms with Gasteiger partial charge in [-0.15, -0.1) is 0 Å². The van der Waals surface area contributed by atoms with Gasteiger partial charge in [-0.1, -0.05) is 12.1 Å². The van der Waals surface area contributed by atoms with Gasteiger partial charge in [0.05, 0.1) is 15.9 Å². The number of para-hydroxylation sites is 1. The van der Waals surface area contributed by atoms with Crippen LogP contribution in [0.25, 0.3) is 17.0 Å². The van der Waals surface area contributed by atoms with Crippen molar-refractivity contribution in [3.8, 4) is 0 Å². The van der Waals surface area contributed by atoms with Gasteiger partial charge >= 0.3 is 0 Å². The molecule has 1 amide bonds. The normalized spacial score (nSPS) is 10.9. The predicted molar refractivity (Wildman–Crippen MR) is 93.2 cm³/mol. The lowest BCUT2D eigenvalue weighted by Crippen LogP contribution is -2.09. The van der Waals surface area contributed by atoms with Gasteiger partial charge in [0.2, 0.25) is 5.91 Å². The molecule has 0 spiro atoms. The molecular formula is C18H12N2O5. The monoisotopic (exact) mass is 336 g/mol. The Hall–Kier alpha value is -3.74. The number of fused-ring (bicyclic) bond motifs is 1. The minimum atomic E-state index is -0.523. The standard InChI is InChI=1S/C18H12N2O5/c21-17(19-13-6-8-14(9-7-13)20(23)24)10-5-12-11-25-16-4-2-1-3-15(16)18(12)22/h1-11H,(H,19,21)/b10-5+. The maximum atomic E-state index is 12.3. The van der Waals surface area contributed by atoms with Crippen LogP contribution >= 0.6 is 0 Å². The first-order valence-electron chi connectivity index (χ1n) is 7.28. The van der Waals surface area contributed by atoms with Crippen molar-refractivity contribution < 1.29 is 14.1 Å². The van der Waals surface area contributed by atoms with Crippen molar-refractivity contribution in [2.45, 2.75) is 0 Å². The van der Waals surface area contributed by atoms with Gasteiger partial charge in [0.1, 0.15) is 11.8 Å². The van der Waals surface area contributed by atoms with Gasteiger partial charge in [-0.05, 0) is 30.3 Å². The number of rotatable bonds is 4. The molecule has 0 saturated carbocycles. The summed E-state index contributed by atoms with van der Waals surface area (Å²) in [5.41, 5.74) is 0.826. The molecule has 0 aliphatic heterocycles. The highest BCUT2D eigenvalue weighted by Gasteiger charge is 2.06. The molecule has 1 N–H and O–H groups in total. The molecule has 2 aromatic carbocycles. The van der Waals surface area contributed by atoms with E-state index in [0.717, 1.165) is 0 Å². The summed E-state index contributed by atoms with van der Waals surface area (Å²) in [4.78, 5) is 34.3. The van der Waals surface area contributed by atoms with Gasteiger partial charge in [0.25, 0.3) is 5.69 Å². The summed E-state index contributed by atoms with van der Waals surface area (Å²) in [6.45, 7) is 0. The van der Waals surface area contributed by atoms with Gasteiger partial charge in [0.15, 0.2) is 5.43 Å². The number of benzene rings is 2. The molecule has 0 fully saturated rings. The van der Waals surface area contributed by atoms with Crippen LogP contribution in [-0.2, 0) is 4.79 Å². The fourth-order valence-electron chi connectivity index (χ4n) is 2.22. The molecule has 25 heavy (non-hydrogen) atoms. The molecule has 0 aliphatic rings. The van der Waals surface area contributed by atoms with Crippen molar-refractivity contribution in [2.24, 2.45) is 0 Å². The van der Waals surface area contributed by atoms with Crippen LogP contribution in [0.4, 0.5) is 11.4 Å². The fraction of sp³-hybridized carbons (Fsp3) is 0. The zero-order valence-electron chi connectivity index (χ0n) is 12.8. The van der Waals surface area contributed by atoms with Gasteiger partial charge in [-0.25, -0.2) is 0 Å². The molecule has 0 radical (unpaired) electrons. The van der Waals surface area contributed by atoms with Crippen LogP contribution in [0.2, 0.25) is 0 Å². The molecule has 1 aromatic heterocycles. The van der Waals surface area contributed by atoms with E-state index in [1.807, 2.05) is 0 Å². The van der Waals surface area contributed by atoms with Crippen LogP contribution in [0.3, 0.4) is 0 Å². The Bertz CT molecular complexity index is 1040. The van der Waals surface area contributed by atoms with E-state index in [-0.39, 0.29) is 16.7 Å². The smallest absolute Gasteiger partial charge is 0.269 e. The summed E-state index contributed by atoms with van der Waals surface area (Å²) < 4.78 is 5.36. The van der Waals surface area contributed by atoms with Crippen molar-refractivity contribution >= 4 is 34.3 Å². The topological polar surface area (TPSA) is 102 Å². The summed E-state index contributed by atoms with van der Waals surface area (Å²) in [7, 11) is 0. The highest BCUT2D eigenvalue weighted by molar-refractivity contribution is 6.02. The highest BCUT2D eigenvalue weighted by atomic mass is 16.6. The fourth-order valence-corrected chi connectivity index (χ4v) is 2.22. The molecule has 0 aliphatic carbocycles. The molecule has 0 atom stereocenters. The number of nitrogens with zero attached hydrogens (tertiary/aromatic N) is 1. The Balaban J connectivity index is 1.75.